The minimum atomic E-state index is -0.348. The zero-order valence-corrected chi connectivity index (χ0v) is 14.6. The Kier molecular flexibility index (Phi) is 3.74. The van der Waals surface area contributed by atoms with Crippen LogP contribution < -0.4 is 5.32 Å². The molecule has 1 saturated heterocycles. The molecule has 3 heterocycles. The molecule has 0 bridgehead atoms. The van der Waals surface area contributed by atoms with Gasteiger partial charge in [-0.25, -0.2) is 4.98 Å². The summed E-state index contributed by atoms with van der Waals surface area (Å²) in [4.78, 5) is 27.6. The number of hydrogen-bond donors (Lipinski definition) is 1. The lowest BCUT2D eigenvalue weighted by atomic mass is 10.2. The Morgan fingerprint density at radius 2 is 1.92 bits per heavy atom. The first-order chi connectivity index (χ1) is 11.6. The van der Waals surface area contributed by atoms with Crippen molar-refractivity contribution in [2.45, 2.75) is 0 Å². The standard InChI is InChI=1S/C17H10BrN3O2S/c18-13-5-7-19-15-12(13)6-8-21(15)11-3-1-10(2-4-11)9-14-16(22)20-17(23)24-14/h1-9H,(H,20,22,23). The van der Waals surface area contributed by atoms with Crippen molar-refractivity contribution in [3.63, 3.8) is 0 Å². The first-order valence-corrected chi connectivity index (χ1v) is 8.69. The number of thioether (sulfide) groups is 1. The fraction of sp³-hybridized carbons (Fsp3) is 0. The number of nitrogens with zero attached hydrogens (tertiary/aromatic N) is 2. The predicted octanol–water partition coefficient (Wildman–Crippen LogP) is 4.11. The predicted molar refractivity (Wildman–Crippen MR) is 97.9 cm³/mol. The third-order valence-electron chi connectivity index (χ3n) is 3.65. The maximum Gasteiger partial charge on any atom is 0.290 e. The molecule has 0 saturated carbocycles. The van der Waals surface area contributed by atoms with Crippen LogP contribution in [-0.2, 0) is 4.79 Å². The monoisotopic (exact) mass is 399 g/mol. The lowest BCUT2D eigenvalue weighted by molar-refractivity contribution is -0.115. The van der Waals surface area contributed by atoms with E-state index in [1.165, 1.54) is 0 Å². The maximum absolute atomic E-state index is 11.6. The SMILES string of the molecule is O=C1NC(=O)C(=Cc2ccc(-n3ccc4c(Br)ccnc43)cc2)S1. The molecule has 7 heteroatoms. The van der Waals surface area contributed by atoms with E-state index in [0.29, 0.717) is 4.91 Å². The third-order valence-corrected chi connectivity index (χ3v) is 5.15. The Morgan fingerprint density at radius 1 is 1.12 bits per heavy atom. The average molecular weight is 400 g/mol. The van der Waals surface area contributed by atoms with Gasteiger partial charge < -0.3 is 4.57 Å². The second-order valence-corrected chi connectivity index (χ2v) is 7.03. The van der Waals surface area contributed by atoms with Gasteiger partial charge in [0.25, 0.3) is 11.1 Å². The molecule has 24 heavy (non-hydrogen) atoms. The van der Waals surface area contributed by atoms with Crippen LogP contribution in [0.3, 0.4) is 0 Å². The van der Waals surface area contributed by atoms with Crippen LogP contribution in [0.4, 0.5) is 4.79 Å². The number of nitrogens with one attached hydrogen (secondary N) is 1. The molecule has 2 amide bonds. The fourth-order valence-electron chi connectivity index (χ4n) is 2.52. The minimum absolute atomic E-state index is 0.335. The number of benzene rings is 1. The smallest absolute Gasteiger partial charge is 0.290 e. The number of hydrogen-bond acceptors (Lipinski definition) is 4. The van der Waals surface area contributed by atoms with Gasteiger partial charge in [-0.05, 0) is 63.6 Å². The van der Waals surface area contributed by atoms with E-state index in [-0.39, 0.29) is 11.1 Å². The molecular formula is C17H10BrN3O2S. The highest BCUT2D eigenvalue weighted by atomic mass is 79.9. The molecule has 1 N–H and O–H groups in total. The average Bonchev–Trinajstić information content (AvgIpc) is 3.13. The number of halogens is 1. The van der Waals surface area contributed by atoms with Gasteiger partial charge in [-0.15, -0.1) is 0 Å². The summed E-state index contributed by atoms with van der Waals surface area (Å²) in [6.45, 7) is 0. The summed E-state index contributed by atoms with van der Waals surface area (Å²) in [5, 5.41) is 2.95. The summed E-state index contributed by atoms with van der Waals surface area (Å²) in [6, 6.07) is 11.6. The molecule has 0 radical (unpaired) electrons. The van der Waals surface area contributed by atoms with E-state index in [1.807, 2.05) is 47.2 Å². The zero-order valence-electron chi connectivity index (χ0n) is 12.2. The third kappa shape index (κ3) is 2.65. The summed E-state index contributed by atoms with van der Waals surface area (Å²) in [6.07, 6.45) is 5.43. The van der Waals surface area contributed by atoms with Gasteiger partial charge in [0, 0.05) is 27.9 Å². The normalized spacial score (nSPS) is 16.1. The van der Waals surface area contributed by atoms with Crippen molar-refractivity contribution < 1.29 is 9.59 Å². The number of aromatic nitrogens is 2. The van der Waals surface area contributed by atoms with E-state index in [1.54, 1.807) is 12.3 Å². The zero-order chi connectivity index (χ0) is 16.7. The van der Waals surface area contributed by atoms with Crippen LogP contribution in [0.5, 0.6) is 0 Å². The Bertz CT molecular complexity index is 1010. The molecule has 0 spiro atoms. The number of pyridine rings is 1. The van der Waals surface area contributed by atoms with Gasteiger partial charge in [-0.1, -0.05) is 12.1 Å². The maximum atomic E-state index is 11.6. The van der Waals surface area contributed by atoms with Crippen LogP contribution in [0.25, 0.3) is 22.8 Å². The van der Waals surface area contributed by atoms with Crippen LogP contribution in [0.1, 0.15) is 5.56 Å². The van der Waals surface area contributed by atoms with Gasteiger partial charge in [0.1, 0.15) is 5.65 Å². The van der Waals surface area contributed by atoms with Crippen molar-refractivity contribution in [2.24, 2.45) is 0 Å². The minimum Gasteiger partial charge on any atom is -0.301 e. The van der Waals surface area contributed by atoms with E-state index in [2.05, 4.69) is 26.2 Å². The van der Waals surface area contributed by atoms with Crippen molar-refractivity contribution >= 4 is 55.9 Å². The molecule has 118 valence electrons. The van der Waals surface area contributed by atoms with Gasteiger partial charge in [0.05, 0.1) is 4.91 Å². The summed E-state index contributed by atoms with van der Waals surface area (Å²) in [7, 11) is 0. The Labute approximate surface area is 149 Å². The van der Waals surface area contributed by atoms with Crippen LogP contribution in [0, 0.1) is 0 Å². The molecule has 5 nitrogen and oxygen atoms in total. The molecule has 0 aliphatic carbocycles. The Balaban J connectivity index is 1.69. The summed E-state index contributed by atoms with van der Waals surface area (Å²) < 4.78 is 3.00. The number of amides is 2. The highest BCUT2D eigenvalue weighted by Gasteiger charge is 2.24. The van der Waals surface area contributed by atoms with Crippen molar-refractivity contribution in [1.82, 2.24) is 14.9 Å². The number of carbonyl (C=O) groups excluding carboxylic acids is 2. The fourth-order valence-corrected chi connectivity index (χ4v) is 3.63. The molecule has 1 aromatic carbocycles. The van der Waals surface area contributed by atoms with Gasteiger partial charge >= 0.3 is 0 Å². The van der Waals surface area contributed by atoms with E-state index in [4.69, 9.17) is 0 Å². The molecule has 4 rings (SSSR count). The molecule has 3 aromatic rings. The van der Waals surface area contributed by atoms with Gasteiger partial charge in [-0.3, -0.25) is 14.9 Å². The van der Waals surface area contributed by atoms with Crippen molar-refractivity contribution in [3.8, 4) is 5.69 Å². The van der Waals surface area contributed by atoms with Crippen LogP contribution in [0.2, 0.25) is 0 Å². The first-order valence-electron chi connectivity index (χ1n) is 7.09. The highest BCUT2D eigenvalue weighted by Crippen LogP contribution is 2.27. The van der Waals surface area contributed by atoms with E-state index in [0.717, 1.165) is 38.5 Å². The summed E-state index contributed by atoms with van der Waals surface area (Å²) in [5.74, 6) is -0.348. The van der Waals surface area contributed by atoms with Gasteiger partial charge in [-0.2, -0.15) is 0 Å². The van der Waals surface area contributed by atoms with Crippen molar-refractivity contribution in [2.75, 3.05) is 0 Å². The molecule has 0 unspecified atom stereocenters. The van der Waals surface area contributed by atoms with E-state index in [9.17, 15) is 9.59 Å². The Hall–Kier alpha value is -2.38. The molecule has 1 aliphatic rings. The van der Waals surface area contributed by atoms with Gasteiger partial charge in [0.15, 0.2) is 0 Å². The number of fused-ring (bicyclic) bond motifs is 1. The second-order valence-electron chi connectivity index (χ2n) is 5.16. The van der Waals surface area contributed by atoms with Crippen molar-refractivity contribution in [1.29, 1.82) is 0 Å². The number of imide groups is 1. The lowest BCUT2D eigenvalue weighted by Gasteiger charge is -2.05. The largest absolute Gasteiger partial charge is 0.301 e. The molecule has 1 aliphatic heterocycles. The summed E-state index contributed by atoms with van der Waals surface area (Å²) in [5.41, 5.74) is 2.70. The highest BCUT2D eigenvalue weighted by molar-refractivity contribution is 9.10. The first kappa shape index (κ1) is 15.2. The molecular weight excluding hydrogens is 390 g/mol. The van der Waals surface area contributed by atoms with Crippen LogP contribution >= 0.6 is 27.7 Å². The molecule has 2 aromatic heterocycles. The van der Waals surface area contributed by atoms with Crippen molar-refractivity contribution in [3.05, 3.63) is 63.7 Å². The molecule has 0 atom stereocenters. The number of rotatable bonds is 2. The Morgan fingerprint density at radius 3 is 2.62 bits per heavy atom. The van der Waals surface area contributed by atoms with Gasteiger partial charge in [0.2, 0.25) is 0 Å². The summed E-state index contributed by atoms with van der Waals surface area (Å²) >= 11 is 4.44. The van der Waals surface area contributed by atoms with Crippen LogP contribution in [-0.4, -0.2) is 20.7 Å². The number of carbonyl (C=O) groups is 2. The van der Waals surface area contributed by atoms with Crippen LogP contribution in [0.15, 0.2) is 58.2 Å². The lowest BCUT2D eigenvalue weighted by Crippen LogP contribution is -2.17. The quantitative estimate of drug-likeness (QED) is 0.658. The second kappa shape index (κ2) is 5.92. The van der Waals surface area contributed by atoms with E-state index < -0.39 is 0 Å². The topological polar surface area (TPSA) is 64.0 Å². The molecule has 1 fully saturated rings. The van der Waals surface area contributed by atoms with E-state index >= 15 is 0 Å².